The number of sulfonamides is 1. The van der Waals surface area contributed by atoms with Crippen LogP contribution >= 0.6 is 0 Å². The summed E-state index contributed by atoms with van der Waals surface area (Å²) in [7, 11) is -4.14. The van der Waals surface area contributed by atoms with Crippen molar-refractivity contribution in [1.82, 2.24) is 4.72 Å². The van der Waals surface area contributed by atoms with Gasteiger partial charge in [0.25, 0.3) is 0 Å². The highest BCUT2D eigenvalue weighted by molar-refractivity contribution is 7.89. The Morgan fingerprint density at radius 2 is 1.61 bits per heavy atom. The van der Waals surface area contributed by atoms with Gasteiger partial charge in [-0.1, -0.05) is 0 Å². The average Bonchev–Trinajstić information content (AvgIpc) is 2.35. The molecule has 0 aliphatic heterocycles. The second-order valence-electron chi connectivity index (χ2n) is 5.90. The van der Waals surface area contributed by atoms with E-state index in [2.05, 4.69) is 4.72 Å². The minimum Gasteiger partial charge on any atom is -0.459 e. The Hall–Kier alpha value is -1.61. The van der Waals surface area contributed by atoms with Gasteiger partial charge in [0.2, 0.25) is 10.0 Å². The average molecular weight is 353 g/mol. The van der Waals surface area contributed by atoms with Gasteiger partial charge >= 0.3 is 12.1 Å². The number of benzene rings is 1. The molecule has 0 spiro atoms. The summed E-state index contributed by atoms with van der Waals surface area (Å²) >= 11 is 0. The SMILES string of the molecule is CC(NS(=O)(=O)c1ccc(C(F)(F)F)cc1)C(=O)OC(C)(C)C. The van der Waals surface area contributed by atoms with Crippen molar-refractivity contribution in [3.63, 3.8) is 0 Å². The number of hydrogen-bond donors (Lipinski definition) is 1. The van der Waals surface area contributed by atoms with E-state index in [0.717, 1.165) is 12.1 Å². The Morgan fingerprint density at radius 1 is 1.13 bits per heavy atom. The summed E-state index contributed by atoms with van der Waals surface area (Å²) in [5.41, 5.74) is -1.75. The number of esters is 1. The third-order valence-corrected chi connectivity index (χ3v) is 4.14. The third-order valence-electron chi connectivity index (χ3n) is 2.58. The molecule has 5 nitrogen and oxygen atoms in total. The number of carbonyl (C=O) groups is 1. The molecule has 1 N–H and O–H groups in total. The Morgan fingerprint density at radius 3 is 2.00 bits per heavy atom. The summed E-state index contributed by atoms with van der Waals surface area (Å²) in [6.45, 7) is 6.17. The van der Waals surface area contributed by atoms with Crippen molar-refractivity contribution in [1.29, 1.82) is 0 Å². The van der Waals surface area contributed by atoms with Crippen LogP contribution in [-0.2, 0) is 25.7 Å². The molecule has 9 heteroatoms. The van der Waals surface area contributed by atoms with Gasteiger partial charge in [-0.2, -0.15) is 17.9 Å². The highest BCUT2D eigenvalue weighted by Gasteiger charge is 2.31. The fraction of sp³-hybridized carbons (Fsp3) is 0.500. The largest absolute Gasteiger partial charge is 0.459 e. The lowest BCUT2D eigenvalue weighted by Crippen LogP contribution is -2.42. The van der Waals surface area contributed by atoms with Crippen LogP contribution in [0.25, 0.3) is 0 Å². The minimum atomic E-state index is -4.56. The Bertz CT molecular complexity index is 661. The number of hydrogen-bond acceptors (Lipinski definition) is 4. The van der Waals surface area contributed by atoms with E-state index in [0.29, 0.717) is 12.1 Å². The van der Waals surface area contributed by atoms with E-state index in [9.17, 15) is 26.4 Å². The number of ether oxygens (including phenoxy) is 1. The van der Waals surface area contributed by atoms with Crippen molar-refractivity contribution in [3.8, 4) is 0 Å². The van der Waals surface area contributed by atoms with Crippen molar-refractivity contribution in [3.05, 3.63) is 29.8 Å². The molecule has 0 aliphatic rings. The zero-order chi connectivity index (χ0) is 18.1. The van der Waals surface area contributed by atoms with Crippen LogP contribution in [-0.4, -0.2) is 26.0 Å². The van der Waals surface area contributed by atoms with Crippen molar-refractivity contribution >= 4 is 16.0 Å². The fourth-order valence-electron chi connectivity index (χ4n) is 1.56. The van der Waals surface area contributed by atoms with Crippen LogP contribution in [0.3, 0.4) is 0 Å². The van der Waals surface area contributed by atoms with Crippen LogP contribution in [0.15, 0.2) is 29.2 Å². The molecule has 23 heavy (non-hydrogen) atoms. The first-order chi connectivity index (χ1) is 10.2. The summed E-state index contributed by atoms with van der Waals surface area (Å²) < 4.78 is 68.6. The van der Waals surface area contributed by atoms with Crippen LogP contribution in [0.4, 0.5) is 13.2 Å². The zero-order valence-corrected chi connectivity index (χ0v) is 13.9. The molecule has 0 bridgehead atoms. The maximum absolute atomic E-state index is 12.5. The fourth-order valence-corrected chi connectivity index (χ4v) is 2.75. The predicted octanol–water partition coefficient (Wildman–Crippen LogP) is 2.71. The molecule has 0 radical (unpaired) electrons. The highest BCUT2D eigenvalue weighted by atomic mass is 32.2. The number of alkyl halides is 3. The Balaban J connectivity index is 2.89. The van der Waals surface area contributed by atoms with E-state index in [1.807, 2.05) is 0 Å². The van der Waals surface area contributed by atoms with E-state index < -0.39 is 39.4 Å². The molecule has 0 saturated heterocycles. The van der Waals surface area contributed by atoms with Crippen LogP contribution < -0.4 is 4.72 Å². The van der Waals surface area contributed by atoms with Crippen LogP contribution in [0.1, 0.15) is 33.3 Å². The number of halogens is 3. The molecule has 1 aromatic carbocycles. The van der Waals surface area contributed by atoms with Gasteiger partial charge in [-0.3, -0.25) is 4.79 Å². The Labute approximate surface area is 132 Å². The number of carbonyl (C=O) groups excluding carboxylic acids is 1. The highest BCUT2D eigenvalue weighted by Crippen LogP contribution is 2.29. The maximum atomic E-state index is 12.5. The number of rotatable bonds is 4. The van der Waals surface area contributed by atoms with E-state index in [-0.39, 0.29) is 4.90 Å². The maximum Gasteiger partial charge on any atom is 0.416 e. The molecule has 1 rings (SSSR count). The summed E-state index contributed by atoms with van der Waals surface area (Å²) in [5.74, 6) is -0.784. The molecule has 1 unspecified atom stereocenters. The molecule has 0 amide bonds. The first-order valence-electron chi connectivity index (χ1n) is 6.65. The van der Waals surface area contributed by atoms with Gasteiger partial charge in [-0.25, -0.2) is 8.42 Å². The smallest absolute Gasteiger partial charge is 0.416 e. The standard InChI is InChI=1S/C14H18F3NO4S/c1-9(12(19)22-13(2,3)4)18-23(20,21)11-7-5-10(6-8-11)14(15,16)17/h5-9,18H,1-4H3. The summed E-state index contributed by atoms with van der Waals surface area (Å²) in [4.78, 5) is 11.4. The molecule has 0 heterocycles. The molecule has 1 atom stereocenters. The van der Waals surface area contributed by atoms with E-state index in [1.54, 1.807) is 20.8 Å². The van der Waals surface area contributed by atoms with Gasteiger partial charge in [-0.15, -0.1) is 0 Å². The molecule has 0 saturated carbocycles. The second kappa shape index (κ2) is 6.48. The second-order valence-corrected chi connectivity index (χ2v) is 7.61. The lowest BCUT2D eigenvalue weighted by atomic mass is 10.2. The van der Waals surface area contributed by atoms with Crippen molar-refractivity contribution in [2.75, 3.05) is 0 Å². The van der Waals surface area contributed by atoms with Gasteiger partial charge in [0, 0.05) is 0 Å². The summed E-state index contributed by atoms with van der Waals surface area (Å²) in [6.07, 6.45) is -4.56. The van der Waals surface area contributed by atoms with E-state index >= 15 is 0 Å². The molecule has 0 fully saturated rings. The van der Waals surface area contributed by atoms with Gasteiger partial charge in [0.1, 0.15) is 11.6 Å². The monoisotopic (exact) mass is 353 g/mol. The summed E-state index contributed by atoms with van der Waals surface area (Å²) in [5, 5.41) is 0. The number of nitrogens with one attached hydrogen (secondary N) is 1. The molecule has 130 valence electrons. The van der Waals surface area contributed by atoms with Crippen LogP contribution in [0.2, 0.25) is 0 Å². The van der Waals surface area contributed by atoms with Crippen molar-refractivity contribution < 1.29 is 31.1 Å². The molecular formula is C14H18F3NO4S. The van der Waals surface area contributed by atoms with Crippen LogP contribution in [0.5, 0.6) is 0 Å². The van der Waals surface area contributed by atoms with Gasteiger partial charge in [0.15, 0.2) is 0 Å². The van der Waals surface area contributed by atoms with Gasteiger partial charge < -0.3 is 4.74 Å². The lowest BCUT2D eigenvalue weighted by molar-refractivity contribution is -0.156. The molecule has 1 aromatic rings. The third kappa shape index (κ3) is 5.83. The first-order valence-corrected chi connectivity index (χ1v) is 8.13. The lowest BCUT2D eigenvalue weighted by Gasteiger charge is -2.22. The van der Waals surface area contributed by atoms with E-state index in [4.69, 9.17) is 4.74 Å². The molecular weight excluding hydrogens is 335 g/mol. The van der Waals surface area contributed by atoms with Gasteiger partial charge in [-0.05, 0) is 52.0 Å². The topological polar surface area (TPSA) is 72.5 Å². The minimum absolute atomic E-state index is 0.374. The predicted molar refractivity (Wildman–Crippen MR) is 77.1 cm³/mol. The zero-order valence-electron chi connectivity index (χ0n) is 13.1. The molecule has 0 aliphatic carbocycles. The van der Waals surface area contributed by atoms with Gasteiger partial charge in [0.05, 0.1) is 10.5 Å². The molecule has 0 aromatic heterocycles. The Kier molecular flexibility index (Phi) is 5.48. The van der Waals surface area contributed by atoms with Crippen LogP contribution in [0, 0.1) is 0 Å². The van der Waals surface area contributed by atoms with E-state index in [1.165, 1.54) is 6.92 Å². The quantitative estimate of drug-likeness (QED) is 0.845. The normalized spacial score (nSPS) is 14.4. The first kappa shape index (κ1) is 19.4. The van der Waals surface area contributed by atoms with Crippen molar-refractivity contribution in [2.24, 2.45) is 0 Å². The van der Waals surface area contributed by atoms with Crippen molar-refractivity contribution in [2.45, 2.75) is 50.4 Å². The summed E-state index contributed by atoms with van der Waals surface area (Å²) in [6, 6.07) is 1.79.